The Morgan fingerprint density at radius 3 is 2.46 bits per heavy atom. The summed E-state index contributed by atoms with van der Waals surface area (Å²) in [4.78, 5) is 21.2. The topological polar surface area (TPSA) is 78.8 Å². The number of hydrogen-bond acceptors (Lipinski definition) is 5. The molecule has 1 unspecified atom stereocenters. The maximum absolute atomic E-state index is 14.2. The van der Waals surface area contributed by atoms with Gasteiger partial charge in [-0.05, 0) is 47.0 Å². The fraction of sp³-hybridized carbons (Fsp3) is 0.421. The van der Waals surface area contributed by atoms with E-state index in [1.807, 2.05) is 20.8 Å². The lowest BCUT2D eigenvalue weighted by atomic mass is 10.0. The quantitative estimate of drug-likeness (QED) is 0.700. The van der Waals surface area contributed by atoms with Crippen molar-refractivity contribution in [3.8, 4) is 0 Å². The minimum Gasteiger partial charge on any atom is -0.354 e. The SMILES string of the molecule is CN(C)C(CNc1nc2c(cnn2C(C)(C)C)c(=O)[nH]1)c1c(F)cccc1F. The van der Waals surface area contributed by atoms with Gasteiger partial charge in [0.05, 0.1) is 17.8 Å². The molecule has 28 heavy (non-hydrogen) atoms. The third kappa shape index (κ3) is 3.75. The number of aromatic amines is 1. The van der Waals surface area contributed by atoms with E-state index in [0.717, 1.165) is 0 Å². The standard InChI is InChI=1S/C19H24F2N6O/c1-19(2,3)27-16-11(9-23-27)17(28)25-18(24-16)22-10-14(26(4)5)15-12(20)7-6-8-13(15)21/h6-9,14H,10H2,1-5H3,(H2,22,24,25,28). The molecule has 0 aliphatic carbocycles. The first kappa shape index (κ1) is 19.9. The van der Waals surface area contributed by atoms with Crippen molar-refractivity contribution in [1.29, 1.82) is 0 Å². The van der Waals surface area contributed by atoms with Crippen molar-refractivity contribution in [3.05, 3.63) is 51.9 Å². The molecule has 0 aliphatic rings. The Morgan fingerprint density at radius 2 is 1.89 bits per heavy atom. The van der Waals surface area contributed by atoms with Crippen molar-refractivity contribution in [2.24, 2.45) is 0 Å². The molecule has 2 N–H and O–H groups in total. The summed E-state index contributed by atoms with van der Waals surface area (Å²) >= 11 is 0. The molecule has 3 rings (SSSR count). The van der Waals surface area contributed by atoms with Crippen LogP contribution in [-0.4, -0.2) is 45.3 Å². The van der Waals surface area contributed by atoms with Gasteiger partial charge in [-0.3, -0.25) is 9.78 Å². The van der Waals surface area contributed by atoms with Crippen molar-refractivity contribution >= 4 is 17.0 Å². The van der Waals surface area contributed by atoms with Crippen LogP contribution in [0.1, 0.15) is 32.4 Å². The van der Waals surface area contributed by atoms with E-state index >= 15 is 0 Å². The van der Waals surface area contributed by atoms with Gasteiger partial charge in [0.1, 0.15) is 17.0 Å². The van der Waals surface area contributed by atoms with E-state index < -0.39 is 17.7 Å². The molecule has 3 aromatic rings. The lowest BCUT2D eigenvalue weighted by molar-refractivity contribution is 0.295. The molecule has 1 atom stereocenters. The highest BCUT2D eigenvalue weighted by Gasteiger charge is 2.23. The van der Waals surface area contributed by atoms with Crippen molar-refractivity contribution in [3.63, 3.8) is 0 Å². The number of fused-ring (bicyclic) bond motifs is 1. The first-order chi connectivity index (χ1) is 13.1. The second-order valence-electron chi connectivity index (χ2n) is 7.87. The number of likely N-dealkylation sites (N-methyl/N-ethyl adjacent to an activating group) is 1. The lowest BCUT2D eigenvalue weighted by Crippen LogP contribution is -2.30. The summed E-state index contributed by atoms with van der Waals surface area (Å²) in [5.41, 5.74) is -0.288. The summed E-state index contributed by atoms with van der Waals surface area (Å²) in [5.74, 6) is -1.03. The largest absolute Gasteiger partial charge is 0.354 e. The average molecular weight is 390 g/mol. The molecule has 150 valence electrons. The zero-order valence-corrected chi connectivity index (χ0v) is 16.5. The molecule has 0 amide bonds. The van der Waals surface area contributed by atoms with Crippen molar-refractivity contribution < 1.29 is 8.78 Å². The van der Waals surface area contributed by atoms with Gasteiger partial charge in [0.2, 0.25) is 5.95 Å². The van der Waals surface area contributed by atoms with Crippen molar-refractivity contribution in [1.82, 2.24) is 24.6 Å². The molecule has 0 radical (unpaired) electrons. The van der Waals surface area contributed by atoms with Gasteiger partial charge < -0.3 is 10.2 Å². The highest BCUT2D eigenvalue weighted by Crippen LogP contribution is 2.25. The lowest BCUT2D eigenvalue weighted by Gasteiger charge is -2.26. The van der Waals surface area contributed by atoms with Crippen molar-refractivity contribution in [2.45, 2.75) is 32.4 Å². The minimum absolute atomic E-state index is 0.0387. The van der Waals surface area contributed by atoms with Crippen LogP contribution >= 0.6 is 0 Å². The third-order valence-corrected chi connectivity index (χ3v) is 4.49. The maximum Gasteiger partial charge on any atom is 0.263 e. The van der Waals surface area contributed by atoms with Crippen LogP contribution in [0.15, 0.2) is 29.2 Å². The molecule has 0 aliphatic heterocycles. The molecular formula is C19H24F2N6O. The summed E-state index contributed by atoms with van der Waals surface area (Å²) in [5, 5.41) is 7.64. The molecule has 7 nitrogen and oxygen atoms in total. The van der Waals surface area contributed by atoms with Crippen LogP contribution in [0.25, 0.3) is 11.0 Å². The number of H-pyrrole nitrogens is 1. The van der Waals surface area contributed by atoms with Gasteiger partial charge in [-0.25, -0.2) is 13.5 Å². The van der Waals surface area contributed by atoms with E-state index in [-0.39, 0.29) is 29.2 Å². The van der Waals surface area contributed by atoms with Crippen LogP contribution in [0.2, 0.25) is 0 Å². The second kappa shape index (κ2) is 7.31. The Labute approximate surface area is 161 Å². The van der Waals surface area contributed by atoms with Crippen LogP contribution in [0.5, 0.6) is 0 Å². The molecule has 1 aromatic carbocycles. The molecule has 0 spiro atoms. The van der Waals surface area contributed by atoms with Gasteiger partial charge in [0.25, 0.3) is 5.56 Å². The van der Waals surface area contributed by atoms with Gasteiger partial charge in [-0.1, -0.05) is 6.07 Å². The fourth-order valence-electron chi connectivity index (χ4n) is 3.06. The van der Waals surface area contributed by atoms with Crippen LogP contribution in [0, 0.1) is 11.6 Å². The van der Waals surface area contributed by atoms with E-state index in [1.165, 1.54) is 24.4 Å². The molecule has 0 saturated carbocycles. The number of halogens is 2. The molecule has 0 saturated heterocycles. The minimum atomic E-state index is -0.622. The summed E-state index contributed by atoms with van der Waals surface area (Å²) in [7, 11) is 3.46. The van der Waals surface area contributed by atoms with Crippen LogP contribution in [0.3, 0.4) is 0 Å². The van der Waals surface area contributed by atoms with E-state index in [2.05, 4.69) is 20.4 Å². The predicted molar refractivity (Wildman–Crippen MR) is 104 cm³/mol. The number of nitrogens with one attached hydrogen (secondary N) is 2. The number of anilines is 1. The average Bonchev–Trinajstić information content (AvgIpc) is 3.02. The number of benzene rings is 1. The van der Waals surface area contributed by atoms with Crippen molar-refractivity contribution in [2.75, 3.05) is 26.0 Å². The van der Waals surface area contributed by atoms with Crippen LogP contribution in [-0.2, 0) is 5.54 Å². The van der Waals surface area contributed by atoms with E-state index in [9.17, 15) is 13.6 Å². The van der Waals surface area contributed by atoms with Gasteiger partial charge >= 0.3 is 0 Å². The molecule has 2 aromatic heterocycles. The number of nitrogens with zero attached hydrogens (tertiary/aromatic N) is 4. The monoisotopic (exact) mass is 390 g/mol. The van der Waals surface area contributed by atoms with E-state index in [4.69, 9.17) is 0 Å². The summed E-state index contributed by atoms with van der Waals surface area (Å²) < 4.78 is 30.1. The Bertz CT molecular complexity index is 1030. The molecule has 2 heterocycles. The van der Waals surface area contributed by atoms with Gasteiger partial charge in [0.15, 0.2) is 5.65 Å². The number of hydrogen-bond donors (Lipinski definition) is 2. The van der Waals surface area contributed by atoms with Gasteiger partial charge in [-0.2, -0.15) is 10.1 Å². The number of rotatable bonds is 5. The Kier molecular flexibility index (Phi) is 5.20. The first-order valence-corrected chi connectivity index (χ1v) is 8.92. The third-order valence-electron chi connectivity index (χ3n) is 4.49. The highest BCUT2D eigenvalue weighted by atomic mass is 19.1. The number of aromatic nitrogens is 4. The first-order valence-electron chi connectivity index (χ1n) is 8.92. The molecule has 0 fully saturated rings. The van der Waals surface area contributed by atoms with Gasteiger partial charge in [0, 0.05) is 12.1 Å². The normalized spacial score (nSPS) is 13.3. The molecule has 9 heteroatoms. The Balaban J connectivity index is 1.94. The Morgan fingerprint density at radius 1 is 1.25 bits per heavy atom. The summed E-state index contributed by atoms with van der Waals surface area (Å²) in [6.07, 6.45) is 1.48. The van der Waals surface area contributed by atoms with Crippen LogP contribution < -0.4 is 10.9 Å². The maximum atomic E-state index is 14.2. The Hall–Kier alpha value is -2.81. The van der Waals surface area contributed by atoms with Gasteiger partial charge in [-0.15, -0.1) is 0 Å². The second-order valence-corrected chi connectivity index (χ2v) is 7.87. The smallest absolute Gasteiger partial charge is 0.263 e. The zero-order chi connectivity index (χ0) is 20.6. The zero-order valence-electron chi connectivity index (χ0n) is 16.5. The fourth-order valence-corrected chi connectivity index (χ4v) is 3.06. The summed E-state index contributed by atoms with van der Waals surface area (Å²) in [6, 6.07) is 3.18. The molecular weight excluding hydrogens is 366 g/mol. The summed E-state index contributed by atoms with van der Waals surface area (Å²) in [6.45, 7) is 6.01. The molecule has 0 bridgehead atoms. The predicted octanol–water partition coefficient (Wildman–Crippen LogP) is 2.87. The van der Waals surface area contributed by atoms with Crippen LogP contribution in [0.4, 0.5) is 14.7 Å². The van der Waals surface area contributed by atoms with E-state index in [1.54, 1.807) is 23.7 Å². The highest BCUT2D eigenvalue weighted by molar-refractivity contribution is 5.74. The van der Waals surface area contributed by atoms with E-state index in [0.29, 0.717) is 11.0 Å².